The van der Waals surface area contributed by atoms with Gasteiger partial charge in [0, 0.05) is 16.7 Å². The van der Waals surface area contributed by atoms with Crippen LogP contribution in [0.1, 0.15) is 12.5 Å². The number of nitrogens with zero attached hydrogens (tertiary/aromatic N) is 2. The summed E-state index contributed by atoms with van der Waals surface area (Å²) in [4.78, 5) is 4.31. The molecule has 1 aromatic carbocycles. The number of aliphatic imine (C=N–C) groups is 1. The summed E-state index contributed by atoms with van der Waals surface area (Å²) in [6, 6.07) is 7.42. The van der Waals surface area contributed by atoms with Crippen LogP contribution in [0.4, 0.5) is 5.69 Å². The predicted octanol–water partition coefficient (Wildman–Crippen LogP) is 2.86. The molecule has 0 fully saturated rings. The first kappa shape index (κ1) is 9.75. The Balaban J connectivity index is 2.62. The first-order chi connectivity index (χ1) is 7.20. The maximum atomic E-state index is 8.65. The molecule has 1 aliphatic heterocycles. The van der Waals surface area contributed by atoms with E-state index in [1.165, 1.54) is 6.08 Å². The topological polar surface area (TPSA) is 48.2 Å². The molecule has 0 unspecified atom stereocenters. The molecule has 0 aliphatic carbocycles. The average Bonchev–Trinajstić information content (AvgIpc) is 2.17. The zero-order chi connectivity index (χ0) is 10.8. The summed E-state index contributed by atoms with van der Waals surface area (Å²) in [6.07, 6.45) is 1.46. The van der Waals surface area contributed by atoms with Gasteiger partial charge in [0.25, 0.3) is 0 Å². The van der Waals surface area contributed by atoms with E-state index < -0.39 is 0 Å². The molecule has 1 aromatic rings. The highest BCUT2D eigenvalue weighted by Crippen LogP contribution is 2.31. The van der Waals surface area contributed by atoms with Crippen molar-refractivity contribution in [2.24, 2.45) is 4.99 Å². The van der Waals surface area contributed by atoms with Crippen molar-refractivity contribution in [1.82, 2.24) is 5.32 Å². The van der Waals surface area contributed by atoms with Gasteiger partial charge in [-0.25, -0.2) is 4.99 Å². The van der Waals surface area contributed by atoms with Crippen LogP contribution in [0.5, 0.6) is 0 Å². The SMILES string of the molecule is CC1=Nc2cc(Cl)ccc2/C(=C/C#N)N1. The van der Waals surface area contributed by atoms with Gasteiger partial charge in [-0.2, -0.15) is 5.26 Å². The lowest BCUT2D eigenvalue weighted by molar-refractivity contribution is 1.21. The number of benzene rings is 1. The van der Waals surface area contributed by atoms with E-state index in [-0.39, 0.29) is 0 Å². The van der Waals surface area contributed by atoms with E-state index in [4.69, 9.17) is 16.9 Å². The molecule has 15 heavy (non-hydrogen) atoms. The lowest BCUT2D eigenvalue weighted by Gasteiger charge is -2.17. The van der Waals surface area contributed by atoms with Crippen LogP contribution in [0, 0.1) is 11.3 Å². The number of hydrogen-bond donors (Lipinski definition) is 1. The standard InChI is InChI=1S/C11H8ClN3/c1-7-14-10(4-5-13)9-3-2-8(12)6-11(9)15-7/h2-4,6H,1H3,(H,14,15)/b10-4-. The van der Waals surface area contributed by atoms with E-state index in [2.05, 4.69) is 10.3 Å². The lowest BCUT2D eigenvalue weighted by Crippen LogP contribution is -2.21. The Morgan fingerprint density at radius 3 is 3.07 bits per heavy atom. The van der Waals surface area contributed by atoms with Gasteiger partial charge < -0.3 is 5.32 Å². The molecule has 1 N–H and O–H groups in total. The van der Waals surface area contributed by atoms with Gasteiger partial charge in [-0.15, -0.1) is 0 Å². The molecule has 1 heterocycles. The zero-order valence-corrected chi connectivity index (χ0v) is 8.84. The van der Waals surface area contributed by atoms with Gasteiger partial charge in [0.2, 0.25) is 0 Å². The number of nitriles is 1. The van der Waals surface area contributed by atoms with Gasteiger partial charge in [0.15, 0.2) is 0 Å². The average molecular weight is 218 g/mol. The first-order valence-corrected chi connectivity index (χ1v) is 4.80. The quantitative estimate of drug-likeness (QED) is 0.680. The number of rotatable bonds is 0. The smallest absolute Gasteiger partial charge is 0.103 e. The summed E-state index contributed by atoms with van der Waals surface area (Å²) < 4.78 is 0. The fourth-order valence-corrected chi connectivity index (χ4v) is 1.64. The van der Waals surface area contributed by atoms with Gasteiger partial charge in [0.1, 0.15) is 5.84 Å². The second-order valence-corrected chi connectivity index (χ2v) is 3.61. The second kappa shape index (κ2) is 3.76. The van der Waals surface area contributed by atoms with E-state index >= 15 is 0 Å². The Bertz CT molecular complexity index is 509. The second-order valence-electron chi connectivity index (χ2n) is 3.17. The molecule has 0 saturated carbocycles. The van der Waals surface area contributed by atoms with Crippen molar-refractivity contribution in [2.75, 3.05) is 0 Å². The van der Waals surface area contributed by atoms with Gasteiger partial charge in [-0.1, -0.05) is 11.6 Å². The molecule has 0 saturated heterocycles. The number of halogens is 1. The molecular formula is C11H8ClN3. The highest BCUT2D eigenvalue weighted by molar-refractivity contribution is 6.31. The van der Waals surface area contributed by atoms with Crippen molar-refractivity contribution < 1.29 is 0 Å². The Hall–Kier alpha value is -1.79. The van der Waals surface area contributed by atoms with Crippen LogP contribution >= 0.6 is 11.6 Å². The highest BCUT2D eigenvalue weighted by Gasteiger charge is 2.13. The molecule has 0 aromatic heterocycles. The monoisotopic (exact) mass is 217 g/mol. The molecule has 4 heteroatoms. The van der Waals surface area contributed by atoms with E-state index in [0.717, 1.165) is 22.8 Å². The lowest BCUT2D eigenvalue weighted by atomic mass is 10.1. The molecule has 0 amide bonds. The molecule has 3 nitrogen and oxygen atoms in total. The van der Waals surface area contributed by atoms with Crippen LogP contribution in [-0.2, 0) is 0 Å². The van der Waals surface area contributed by atoms with Crippen LogP contribution in [0.25, 0.3) is 5.70 Å². The third-order valence-corrected chi connectivity index (χ3v) is 2.30. The molecule has 0 atom stereocenters. The Morgan fingerprint density at radius 2 is 2.33 bits per heavy atom. The maximum Gasteiger partial charge on any atom is 0.103 e. The number of nitrogens with one attached hydrogen (secondary N) is 1. The minimum Gasteiger partial charge on any atom is -0.343 e. The van der Waals surface area contributed by atoms with Crippen molar-refractivity contribution in [3.63, 3.8) is 0 Å². The molecule has 1 aliphatic rings. The Kier molecular flexibility index (Phi) is 2.44. The van der Waals surface area contributed by atoms with E-state index in [1.54, 1.807) is 12.1 Å². The van der Waals surface area contributed by atoms with Crippen LogP contribution < -0.4 is 5.32 Å². The fraction of sp³-hybridized carbons (Fsp3) is 0.0909. The Labute approximate surface area is 92.7 Å². The van der Waals surface area contributed by atoms with Crippen molar-refractivity contribution >= 4 is 28.8 Å². The fourth-order valence-electron chi connectivity index (χ4n) is 1.47. The van der Waals surface area contributed by atoms with E-state index in [9.17, 15) is 0 Å². The van der Waals surface area contributed by atoms with Crippen molar-refractivity contribution in [2.45, 2.75) is 6.92 Å². The molecule has 2 rings (SSSR count). The molecule has 74 valence electrons. The summed E-state index contributed by atoms with van der Waals surface area (Å²) in [5.41, 5.74) is 2.45. The number of fused-ring (bicyclic) bond motifs is 1. The minimum absolute atomic E-state index is 0.642. The van der Waals surface area contributed by atoms with Crippen LogP contribution in [0.2, 0.25) is 5.02 Å². The summed E-state index contributed by atoms with van der Waals surface area (Å²) in [5, 5.41) is 12.3. The molecule has 0 radical (unpaired) electrons. The first-order valence-electron chi connectivity index (χ1n) is 4.43. The number of hydrogen-bond acceptors (Lipinski definition) is 3. The Morgan fingerprint density at radius 1 is 1.53 bits per heavy atom. The summed E-state index contributed by atoms with van der Waals surface area (Å²) in [7, 11) is 0. The third kappa shape index (κ3) is 1.85. The minimum atomic E-state index is 0.642. The van der Waals surface area contributed by atoms with E-state index in [0.29, 0.717) is 5.02 Å². The van der Waals surface area contributed by atoms with Crippen molar-refractivity contribution in [3.8, 4) is 6.07 Å². The van der Waals surface area contributed by atoms with Crippen molar-refractivity contribution in [3.05, 3.63) is 34.9 Å². The highest BCUT2D eigenvalue weighted by atomic mass is 35.5. The zero-order valence-electron chi connectivity index (χ0n) is 8.08. The summed E-state index contributed by atoms with van der Waals surface area (Å²) in [5.74, 6) is 0.756. The predicted molar refractivity (Wildman–Crippen MR) is 60.9 cm³/mol. The summed E-state index contributed by atoms with van der Waals surface area (Å²) in [6.45, 7) is 1.84. The van der Waals surface area contributed by atoms with Crippen molar-refractivity contribution in [1.29, 1.82) is 5.26 Å². The van der Waals surface area contributed by atoms with E-state index in [1.807, 2.05) is 19.1 Å². The summed E-state index contributed by atoms with van der Waals surface area (Å²) >= 11 is 5.88. The van der Waals surface area contributed by atoms with Gasteiger partial charge in [0.05, 0.1) is 17.5 Å². The van der Waals surface area contributed by atoms with Gasteiger partial charge >= 0.3 is 0 Å². The van der Waals surface area contributed by atoms with Crippen LogP contribution in [0.3, 0.4) is 0 Å². The number of allylic oxidation sites excluding steroid dienone is 1. The normalized spacial score (nSPS) is 16.3. The molecule has 0 bridgehead atoms. The maximum absolute atomic E-state index is 8.65. The molecule has 0 spiro atoms. The van der Waals surface area contributed by atoms with Gasteiger partial charge in [-0.05, 0) is 25.1 Å². The van der Waals surface area contributed by atoms with Crippen LogP contribution in [-0.4, -0.2) is 5.84 Å². The van der Waals surface area contributed by atoms with Crippen LogP contribution in [0.15, 0.2) is 29.3 Å². The van der Waals surface area contributed by atoms with Gasteiger partial charge in [-0.3, -0.25) is 0 Å². The third-order valence-electron chi connectivity index (χ3n) is 2.06. The largest absolute Gasteiger partial charge is 0.343 e. The molecular weight excluding hydrogens is 210 g/mol. The number of amidine groups is 1.